The monoisotopic (exact) mass is 296 g/mol. The number of carbonyl (C=O) groups is 1. The fourth-order valence-electron chi connectivity index (χ4n) is 2.25. The van der Waals surface area contributed by atoms with Gasteiger partial charge < -0.3 is 10.6 Å². The van der Waals surface area contributed by atoms with Crippen LogP contribution in [0.25, 0.3) is 11.0 Å². The molecule has 0 radical (unpaired) electrons. The van der Waals surface area contributed by atoms with Crippen LogP contribution in [0.5, 0.6) is 0 Å². The predicted molar refractivity (Wildman–Crippen MR) is 76.6 cm³/mol. The van der Waals surface area contributed by atoms with Crippen LogP contribution in [0.2, 0.25) is 5.02 Å². The molecule has 1 aliphatic heterocycles. The second-order valence-electron chi connectivity index (χ2n) is 4.59. The molecule has 19 heavy (non-hydrogen) atoms. The van der Waals surface area contributed by atoms with E-state index in [1.54, 1.807) is 12.1 Å². The van der Waals surface area contributed by atoms with Crippen LogP contribution in [0.1, 0.15) is 12.8 Å². The lowest BCUT2D eigenvalue weighted by molar-refractivity contribution is -0.120. The van der Waals surface area contributed by atoms with E-state index >= 15 is 0 Å². The lowest BCUT2D eigenvalue weighted by Crippen LogP contribution is -2.37. The molecule has 1 aromatic heterocycles. The average molecular weight is 297 g/mol. The molecule has 0 spiro atoms. The summed E-state index contributed by atoms with van der Waals surface area (Å²) in [7, 11) is 0. The second kappa shape index (κ2) is 5.40. The van der Waals surface area contributed by atoms with Gasteiger partial charge in [0.15, 0.2) is 0 Å². The third-order valence-corrected chi connectivity index (χ3v) is 4.15. The Kier molecular flexibility index (Phi) is 3.63. The molecule has 0 bridgehead atoms. The number of carbonyl (C=O) groups excluding carboxylic acids is 1. The fraction of sp³-hybridized carbons (Fsp3) is 0.417. The first-order chi connectivity index (χ1) is 9.25. The summed E-state index contributed by atoms with van der Waals surface area (Å²) in [4.78, 5) is 12.2. The molecule has 2 aromatic rings. The van der Waals surface area contributed by atoms with Crippen LogP contribution < -0.4 is 10.6 Å². The van der Waals surface area contributed by atoms with Crippen LogP contribution >= 0.6 is 23.3 Å². The molecule has 2 N–H and O–H groups in total. The van der Waals surface area contributed by atoms with Crippen LogP contribution in [0, 0.1) is 5.92 Å². The summed E-state index contributed by atoms with van der Waals surface area (Å²) in [5.74, 6) is -0.0127. The highest BCUT2D eigenvalue weighted by Crippen LogP contribution is 2.30. The van der Waals surface area contributed by atoms with E-state index in [4.69, 9.17) is 11.6 Å². The van der Waals surface area contributed by atoms with Gasteiger partial charge in [-0.05, 0) is 31.5 Å². The third-order valence-electron chi connectivity index (χ3n) is 3.29. The van der Waals surface area contributed by atoms with Crippen LogP contribution in [0.15, 0.2) is 12.1 Å². The Hall–Kier alpha value is -1.24. The number of anilines is 1. The summed E-state index contributed by atoms with van der Waals surface area (Å²) < 4.78 is 8.34. The van der Waals surface area contributed by atoms with Crippen molar-refractivity contribution in [1.82, 2.24) is 14.1 Å². The van der Waals surface area contributed by atoms with Crippen LogP contribution in [-0.4, -0.2) is 27.7 Å². The number of halogens is 1. The molecular formula is C12H13ClN4OS. The standard InChI is InChI=1S/C12H13ClN4OS/c13-8-3-4-9-11(17-19-16-9)10(8)15-12(18)7-2-1-5-14-6-7/h3-4,7,14H,1-2,5-6H2,(H,15,18)/t7-/m0/s1. The Morgan fingerprint density at radius 3 is 3.16 bits per heavy atom. The molecule has 1 atom stereocenters. The van der Waals surface area contributed by atoms with E-state index in [0.29, 0.717) is 16.2 Å². The molecule has 0 unspecified atom stereocenters. The summed E-state index contributed by atoms with van der Waals surface area (Å²) >= 11 is 7.27. The minimum atomic E-state index is -0.00772. The molecule has 0 aliphatic carbocycles. The highest BCUT2D eigenvalue weighted by molar-refractivity contribution is 7.00. The maximum atomic E-state index is 12.2. The van der Waals surface area contributed by atoms with Crippen molar-refractivity contribution in [1.29, 1.82) is 0 Å². The lowest BCUT2D eigenvalue weighted by Gasteiger charge is -2.22. The Labute approximate surface area is 119 Å². The molecule has 1 amide bonds. The van der Waals surface area contributed by atoms with Crippen molar-refractivity contribution in [3.8, 4) is 0 Å². The van der Waals surface area contributed by atoms with Gasteiger partial charge in [0.05, 0.1) is 28.4 Å². The van der Waals surface area contributed by atoms with E-state index < -0.39 is 0 Å². The average Bonchev–Trinajstić information content (AvgIpc) is 2.91. The molecule has 3 rings (SSSR count). The van der Waals surface area contributed by atoms with E-state index in [1.165, 1.54) is 0 Å². The topological polar surface area (TPSA) is 66.9 Å². The van der Waals surface area contributed by atoms with E-state index in [9.17, 15) is 4.79 Å². The van der Waals surface area contributed by atoms with Gasteiger partial charge in [-0.3, -0.25) is 4.79 Å². The predicted octanol–water partition coefficient (Wildman–Crippen LogP) is 2.28. The summed E-state index contributed by atoms with van der Waals surface area (Å²) in [6, 6.07) is 3.54. The molecule has 1 aromatic carbocycles. The number of fused-ring (bicyclic) bond motifs is 1. The van der Waals surface area contributed by atoms with Crippen LogP contribution in [0.4, 0.5) is 5.69 Å². The van der Waals surface area contributed by atoms with E-state index in [2.05, 4.69) is 19.4 Å². The smallest absolute Gasteiger partial charge is 0.228 e. The zero-order chi connectivity index (χ0) is 13.2. The molecule has 1 fully saturated rings. The Balaban J connectivity index is 1.86. The summed E-state index contributed by atoms with van der Waals surface area (Å²) in [6.07, 6.45) is 1.93. The van der Waals surface area contributed by atoms with Gasteiger partial charge in [0.25, 0.3) is 0 Å². The minimum absolute atomic E-state index is 0.00500. The van der Waals surface area contributed by atoms with Crippen molar-refractivity contribution < 1.29 is 4.79 Å². The van der Waals surface area contributed by atoms with Gasteiger partial charge in [0.2, 0.25) is 5.91 Å². The van der Waals surface area contributed by atoms with Crippen molar-refractivity contribution in [2.24, 2.45) is 5.92 Å². The largest absolute Gasteiger partial charge is 0.323 e. The molecule has 1 aliphatic rings. The number of amides is 1. The number of nitrogens with zero attached hydrogens (tertiary/aromatic N) is 2. The van der Waals surface area contributed by atoms with E-state index in [0.717, 1.165) is 43.2 Å². The highest BCUT2D eigenvalue weighted by Gasteiger charge is 2.22. The first kappa shape index (κ1) is 12.8. The molecule has 2 heterocycles. The van der Waals surface area contributed by atoms with Gasteiger partial charge in [-0.1, -0.05) is 11.6 Å². The van der Waals surface area contributed by atoms with E-state index in [1.807, 2.05) is 0 Å². The molecule has 0 saturated carbocycles. The number of hydrogen-bond acceptors (Lipinski definition) is 5. The molecule has 100 valence electrons. The van der Waals surface area contributed by atoms with E-state index in [-0.39, 0.29) is 11.8 Å². The summed E-state index contributed by atoms with van der Waals surface area (Å²) in [6.45, 7) is 1.70. The molecule has 1 saturated heterocycles. The number of aromatic nitrogens is 2. The molecule has 7 heteroatoms. The Morgan fingerprint density at radius 1 is 1.47 bits per heavy atom. The fourth-order valence-corrected chi connectivity index (χ4v) is 2.99. The van der Waals surface area contributed by atoms with Crippen LogP contribution in [0.3, 0.4) is 0 Å². The van der Waals surface area contributed by atoms with Gasteiger partial charge in [0, 0.05) is 6.54 Å². The van der Waals surface area contributed by atoms with Crippen molar-refractivity contribution in [3.63, 3.8) is 0 Å². The maximum absolute atomic E-state index is 12.2. The van der Waals surface area contributed by atoms with Gasteiger partial charge in [-0.15, -0.1) is 0 Å². The number of hydrogen-bond donors (Lipinski definition) is 2. The van der Waals surface area contributed by atoms with Crippen molar-refractivity contribution in [2.45, 2.75) is 12.8 Å². The van der Waals surface area contributed by atoms with Crippen molar-refractivity contribution in [3.05, 3.63) is 17.2 Å². The van der Waals surface area contributed by atoms with Crippen molar-refractivity contribution >= 4 is 46.0 Å². The Bertz CT molecular complexity index is 609. The maximum Gasteiger partial charge on any atom is 0.228 e. The number of rotatable bonds is 2. The minimum Gasteiger partial charge on any atom is -0.323 e. The summed E-state index contributed by atoms with van der Waals surface area (Å²) in [5.41, 5.74) is 1.99. The first-order valence-corrected chi connectivity index (χ1v) is 7.29. The Morgan fingerprint density at radius 2 is 2.37 bits per heavy atom. The van der Waals surface area contributed by atoms with Gasteiger partial charge >= 0.3 is 0 Å². The molecule has 5 nitrogen and oxygen atoms in total. The first-order valence-electron chi connectivity index (χ1n) is 6.18. The normalized spacial score (nSPS) is 19.5. The highest BCUT2D eigenvalue weighted by atomic mass is 35.5. The SMILES string of the molecule is O=C(Nc1c(Cl)ccc2nsnc12)[C@H]1CCCNC1. The zero-order valence-electron chi connectivity index (χ0n) is 10.1. The van der Waals surface area contributed by atoms with Gasteiger partial charge in [-0.2, -0.15) is 8.75 Å². The lowest BCUT2D eigenvalue weighted by atomic mass is 9.99. The van der Waals surface area contributed by atoms with Gasteiger partial charge in [-0.25, -0.2) is 0 Å². The molecular weight excluding hydrogens is 284 g/mol. The number of piperidine rings is 1. The summed E-state index contributed by atoms with van der Waals surface area (Å²) in [5, 5.41) is 6.63. The number of benzene rings is 1. The quantitative estimate of drug-likeness (QED) is 0.892. The van der Waals surface area contributed by atoms with Crippen molar-refractivity contribution in [2.75, 3.05) is 18.4 Å². The zero-order valence-corrected chi connectivity index (χ0v) is 11.7. The van der Waals surface area contributed by atoms with Gasteiger partial charge in [0.1, 0.15) is 11.0 Å². The number of nitrogens with one attached hydrogen (secondary N) is 2. The second-order valence-corrected chi connectivity index (χ2v) is 5.52. The third kappa shape index (κ3) is 2.56. The van der Waals surface area contributed by atoms with Crippen LogP contribution in [-0.2, 0) is 4.79 Å².